The average molecular weight is 693 g/mol. The highest BCUT2D eigenvalue weighted by Crippen LogP contribution is 2.48. The molecule has 0 bridgehead atoms. The van der Waals surface area contributed by atoms with Crippen LogP contribution in [0.15, 0.2) is 36.4 Å². The highest BCUT2D eigenvalue weighted by Gasteiger charge is 2.52. The van der Waals surface area contributed by atoms with E-state index in [0.29, 0.717) is 74.4 Å². The van der Waals surface area contributed by atoms with E-state index in [1.54, 1.807) is 19.6 Å². The van der Waals surface area contributed by atoms with Crippen molar-refractivity contribution in [2.75, 3.05) is 58.9 Å². The van der Waals surface area contributed by atoms with Gasteiger partial charge in [0, 0.05) is 39.3 Å². The quantitative estimate of drug-likeness (QED) is 0.238. The Hall–Kier alpha value is -3.46. The van der Waals surface area contributed by atoms with E-state index in [1.807, 2.05) is 36.4 Å². The first-order chi connectivity index (χ1) is 22.2. The van der Waals surface area contributed by atoms with E-state index in [2.05, 4.69) is 90.7 Å². The third kappa shape index (κ3) is 5.70. The average Bonchev–Trinajstić information content (AvgIpc) is 3.73. The third-order valence-electron chi connectivity index (χ3n) is 13.0. The van der Waals surface area contributed by atoms with Gasteiger partial charge in [0.05, 0.1) is 0 Å². The van der Waals surface area contributed by atoms with Crippen LogP contribution in [0.25, 0.3) is 0 Å². The standard InChI is InChI=1S/C35H56N8O3Si2/c1-25(2)34(5,6)47(9,10)42-23-21-40(32(42)45)29-17-13-15-27(36-29)38-19-20-39(31(38)44)28-16-14-18-30(37-28)41-22-24-43(33(41)46)48(11,12)35(7,8)26(3)4/h13-18,25-26H,19-24H2,1-12H3. The highest BCUT2D eigenvalue weighted by atomic mass is 28.3. The number of rotatable bonds is 10. The van der Waals surface area contributed by atoms with Crippen molar-refractivity contribution in [2.24, 2.45) is 11.8 Å². The van der Waals surface area contributed by atoms with Crippen molar-refractivity contribution in [3.63, 3.8) is 0 Å². The summed E-state index contributed by atoms with van der Waals surface area (Å²) in [5.41, 5.74) is 0. The molecule has 11 nitrogen and oxygen atoms in total. The summed E-state index contributed by atoms with van der Waals surface area (Å²) in [6, 6.07) is 10.8. The molecule has 262 valence electrons. The van der Waals surface area contributed by atoms with Crippen molar-refractivity contribution >= 4 is 57.8 Å². The second kappa shape index (κ2) is 12.5. The number of urea groups is 3. The SMILES string of the molecule is CC(C)C(C)(C)[Si](C)(C)N1CCN(c2cccc(N3CCN(c4cccc(N5CCN([Si](C)(C)C(C)(C)C(C)C)C5=O)n4)C3=O)n2)C1=O. The Morgan fingerprint density at radius 1 is 0.521 bits per heavy atom. The third-order valence-corrected chi connectivity index (χ3v) is 24.0. The number of hydrogen-bond acceptors (Lipinski definition) is 5. The lowest BCUT2D eigenvalue weighted by Crippen LogP contribution is -2.58. The van der Waals surface area contributed by atoms with Crippen molar-refractivity contribution in [1.29, 1.82) is 0 Å². The van der Waals surface area contributed by atoms with Crippen LogP contribution in [0.3, 0.4) is 0 Å². The molecular formula is C35H56N8O3Si2. The molecular weight excluding hydrogens is 637 g/mol. The fraction of sp³-hybridized carbons (Fsp3) is 0.629. The minimum absolute atomic E-state index is 0.00530. The van der Waals surface area contributed by atoms with Crippen molar-refractivity contribution in [3.05, 3.63) is 36.4 Å². The normalized spacial score (nSPS) is 18.6. The maximum absolute atomic E-state index is 13.8. The van der Waals surface area contributed by atoms with Gasteiger partial charge in [0.25, 0.3) is 0 Å². The van der Waals surface area contributed by atoms with Crippen LogP contribution in [0.1, 0.15) is 55.4 Å². The number of nitrogens with zero attached hydrogens (tertiary/aromatic N) is 8. The first kappa shape index (κ1) is 35.8. The molecule has 0 spiro atoms. The number of carbonyl (C=O) groups is 3. The minimum atomic E-state index is -2.13. The fourth-order valence-electron chi connectivity index (χ4n) is 7.03. The van der Waals surface area contributed by atoms with Gasteiger partial charge in [0.15, 0.2) is 16.5 Å². The number of amides is 6. The van der Waals surface area contributed by atoms with Gasteiger partial charge in [0.2, 0.25) is 0 Å². The first-order valence-electron chi connectivity index (χ1n) is 17.5. The molecule has 0 saturated carbocycles. The van der Waals surface area contributed by atoms with E-state index in [-0.39, 0.29) is 28.2 Å². The predicted molar refractivity (Wildman–Crippen MR) is 200 cm³/mol. The predicted octanol–water partition coefficient (Wildman–Crippen LogP) is 7.69. The lowest BCUT2D eigenvalue weighted by molar-refractivity contribution is 0.235. The van der Waals surface area contributed by atoms with Crippen molar-refractivity contribution in [3.8, 4) is 0 Å². The minimum Gasteiger partial charge on any atom is -0.350 e. The van der Waals surface area contributed by atoms with Crippen LogP contribution in [0, 0.1) is 11.8 Å². The van der Waals surface area contributed by atoms with E-state index in [1.165, 1.54) is 0 Å². The van der Waals surface area contributed by atoms with Crippen LogP contribution in [0.4, 0.5) is 37.7 Å². The van der Waals surface area contributed by atoms with Crippen molar-refractivity contribution < 1.29 is 14.4 Å². The number of hydrogen-bond donors (Lipinski definition) is 0. The summed E-state index contributed by atoms with van der Waals surface area (Å²) < 4.78 is 4.20. The second-order valence-corrected chi connectivity index (χ2v) is 26.2. The molecule has 13 heteroatoms. The van der Waals surface area contributed by atoms with E-state index in [4.69, 9.17) is 9.97 Å². The first-order valence-corrected chi connectivity index (χ1v) is 23.4. The largest absolute Gasteiger partial charge is 0.350 e. The van der Waals surface area contributed by atoms with Crippen LogP contribution in [-0.2, 0) is 0 Å². The summed E-state index contributed by atoms with van der Waals surface area (Å²) in [5.74, 6) is 3.02. The van der Waals surface area contributed by atoms with E-state index >= 15 is 0 Å². The Bertz CT molecular complexity index is 1460. The van der Waals surface area contributed by atoms with Gasteiger partial charge in [-0.2, -0.15) is 0 Å². The number of pyridine rings is 2. The molecule has 0 atom stereocenters. The number of anilines is 4. The monoisotopic (exact) mass is 692 g/mol. The summed E-state index contributed by atoms with van der Waals surface area (Å²) in [6.45, 7) is 30.5. The summed E-state index contributed by atoms with van der Waals surface area (Å²) in [5, 5.41) is 0.0737. The zero-order valence-electron chi connectivity index (χ0n) is 31.2. The Labute approximate surface area is 289 Å². The van der Waals surface area contributed by atoms with Gasteiger partial charge < -0.3 is 9.13 Å². The lowest BCUT2D eigenvalue weighted by atomic mass is 9.99. The molecule has 3 saturated heterocycles. The molecule has 5 heterocycles. The topological polar surface area (TPSA) is 96.4 Å². The van der Waals surface area contributed by atoms with Gasteiger partial charge in [-0.1, -0.05) is 93.7 Å². The molecule has 3 aliphatic heterocycles. The molecule has 0 unspecified atom stereocenters. The Morgan fingerprint density at radius 3 is 1.08 bits per heavy atom. The van der Waals surface area contributed by atoms with Crippen LogP contribution in [0.2, 0.25) is 36.3 Å². The molecule has 5 rings (SSSR count). The van der Waals surface area contributed by atoms with Crippen LogP contribution >= 0.6 is 0 Å². The second-order valence-electron chi connectivity index (χ2n) is 16.3. The summed E-state index contributed by atoms with van der Waals surface area (Å²) in [6.07, 6.45) is 0. The molecule has 0 N–H and O–H groups in total. The van der Waals surface area contributed by atoms with Gasteiger partial charge in [-0.3, -0.25) is 19.6 Å². The molecule has 3 fully saturated rings. The van der Waals surface area contributed by atoms with E-state index in [9.17, 15) is 14.4 Å². The molecule has 3 aliphatic rings. The summed E-state index contributed by atoms with van der Waals surface area (Å²) in [7, 11) is -4.26. The fourth-order valence-corrected chi connectivity index (χ4v) is 13.8. The lowest BCUT2D eigenvalue weighted by Gasteiger charge is -2.48. The van der Waals surface area contributed by atoms with Crippen molar-refractivity contribution in [1.82, 2.24) is 19.1 Å². The smallest absolute Gasteiger partial charge is 0.331 e. The molecule has 2 aromatic heterocycles. The zero-order valence-corrected chi connectivity index (χ0v) is 33.2. The van der Waals surface area contributed by atoms with Gasteiger partial charge >= 0.3 is 18.1 Å². The van der Waals surface area contributed by atoms with Gasteiger partial charge in [-0.25, -0.2) is 24.4 Å². The Balaban J connectivity index is 1.31. The molecule has 0 aliphatic carbocycles. The number of carbonyl (C=O) groups excluding carboxylic acids is 3. The van der Waals surface area contributed by atoms with E-state index < -0.39 is 16.5 Å². The Kier molecular flexibility index (Phi) is 9.30. The van der Waals surface area contributed by atoms with Crippen LogP contribution in [-0.4, -0.2) is 92.9 Å². The molecule has 2 aromatic rings. The molecule has 0 radical (unpaired) electrons. The maximum Gasteiger partial charge on any atom is 0.331 e. The molecule has 6 amide bonds. The Morgan fingerprint density at radius 2 is 0.792 bits per heavy atom. The van der Waals surface area contributed by atoms with Gasteiger partial charge in [0.1, 0.15) is 23.3 Å². The molecule has 0 aromatic carbocycles. The summed E-state index contributed by atoms with van der Waals surface area (Å²) >= 11 is 0. The maximum atomic E-state index is 13.8. The van der Waals surface area contributed by atoms with Gasteiger partial charge in [-0.15, -0.1) is 0 Å². The van der Waals surface area contributed by atoms with Crippen molar-refractivity contribution in [2.45, 2.75) is 91.7 Å². The zero-order chi connectivity index (χ0) is 35.6. The number of aromatic nitrogens is 2. The van der Waals surface area contributed by atoms with E-state index in [0.717, 1.165) is 0 Å². The summed E-state index contributed by atoms with van der Waals surface area (Å²) in [4.78, 5) is 57.9. The van der Waals surface area contributed by atoms with Gasteiger partial charge in [-0.05, 0) is 46.2 Å². The van der Waals surface area contributed by atoms with Crippen LogP contribution in [0.5, 0.6) is 0 Å². The highest BCUT2D eigenvalue weighted by molar-refractivity contribution is 6.80. The van der Waals surface area contributed by atoms with Crippen LogP contribution < -0.4 is 19.6 Å². The molecule has 48 heavy (non-hydrogen) atoms.